The number of hydrogen-bond donors (Lipinski definition) is 4. The van der Waals surface area contributed by atoms with Crippen LogP contribution in [0.2, 0.25) is 0 Å². The third kappa shape index (κ3) is 6.13. The molecule has 0 spiro atoms. The average molecular weight is 561 g/mol. The smallest absolute Gasteiger partial charge is 0.263 e. The molecular weight excluding hydrogens is 524 g/mol. The van der Waals surface area contributed by atoms with E-state index in [2.05, 4.69) is 45.0 Å². The first-order valence-electron chi connectivity index (χ1n) is 13.8. The molecule has 0 aliphatic carbocycles. The molecule has 9 nitrogen and oxygen atoms in total. The van der Waals surface area contributed by atoms with Crippen molar-refractivity contribution in [2.75, 3.05) is 60.6 Å². The van der Waals surface area contributed by atoms with Gasteiger partial charge in [-0.25, -0.2) is 0 Å². The number of amides is 3. The van der Waals surface area contributed by atoms with Crippen LogP contribution in [0.25, 0.3) is 10.1 Å². The Morgan fingerprint density at radius 3 is 2.67 bits per heavy atom. The summed E-state index contributed by atoms with van der Waals surface area (Å²) in [6, 6.07) is 11.1. The molecule has 1 atom stereocenters. The van der Waals surface area contributed by atoms with Crippen molar-refractivity contribution in [3.05, 3.63) is 59.0 Å². The summed E-state index contributed by atoms with van der Waals surface area (Å²) in [5.41, 5.74) is 3.45. The van der Waals surface area contributed by atoms with Crippen LogP contribution in [0.4, 0.5) is 22.7 Å². The summed E-state index contributed by atoms with van der Waals surface area (Å²) < 4.78 is 0.941. The number of hydrogen-bond acceptors (Lipinski definition) is 7. The Morgan fingerprint density at radius 1 is 1.10 bits per heavy atom. The number of piperazine rings is 1. The Hall–Kier alpha value is -3.89. The van der Waals surface area contributed by atoms with Crippen molar-refractivity contribution in [1.29, 1.82) is 0 Å². The summed E-state index contributed by atoms with van der Waals surface area (Å²) in [7, 11) is 2.10. The molecule has 1 saturated heterocycles. The highest BCUT2D eigenvalue weighted by molar-refractivity contribution is 7.21. The quantitative estimate of drug-likeness (QED) is 0.311. The maximum atomic E-state index is 13.3. The van der Waals surface area contributed by atoms with E-state index in [4.69, 9.17) is 0 Å². The number of fused-ring (bicyclic) bond motifs is 3. The molecule has 1 aromatic heterocycles. The first-order chi connectivity index (χ1) is 19.3. The summed E-state index contributed by atoms with van der Waals surface area (Å²) in [6.07, 6.45) is 5.25. The molecule has 2 aliphatic heterocycles. The second kappa shape index (κ2) is 12.1. The molecule has 210 valence electrons. The number of allylic oxidation sites excluding steroid dienone is 1. The van der Waals surface area contributed by atoms with Gasteiger partial charge in [-0.3, -0.25) is 14.4 Å². The van der Waals surface area contributed by atoms with E-state index in [1.807, 2.05) is 43.3 Å². The molecule has 5 rings (SSSR count). The molecule has 40 heavy (non-hydrogen) atoms. The Morgan fingerprint density at radius 2 is 1.90 bits per heavy atom. The van der Waals surface area contributed by atoms with Crippen LogP contribution < -0.4 is 26.2 Å². The highest BCUT2D eigenvalue weighted by atomic mass is 32.1. The van der Waals surface area contributed by atoms with E-state index in [0.717, 1.165) is 60.5 Å². The van der Waals surface area contributed by atoms with Gasteiger partial charge in [-0.1, -0.05) is 19.4 Å². The minimum atomic E-state index is -0.263. The van der Waals surface area contributed by atoms with Crippen LogP contribution >= 0.6 is 11.3 Å². The van der Waals surface area contributed by atoms with Gasteiger partial charge in [-0.05, 0) is 62.9 Å². The molecule has 10 heteroatoms. The SMILES string of the molecule is CCCC=CC(=O)Nc1cc(NC(=O)c2ccc3sc4c(c3c2)NCC(C)NC4=O)ccc1N1CCN(C)CC1. The van der Waals surface area contributed by atoms with Gasteiger partial charge in [-0.2, -0.15) is 0 Å². The van der Waals surface area contributed by atoms with Crippen molar-refractivity contribution < 1.29 is 14.4 Å². The predicted octanol–water partition coefficient (Wildman–Crippen LogP) is 4.74. The average Bonchev–Trinajstić information content (AvgIpc) is 3.24. The first-order valence-corrected chi connectivity index (χ1v) is 14.6. The van der Waals surface area contributed by atoms with Gasteiger partial charge >= 0.3 is 0 Å². The number of carbonyl (C=O) groups is 3. The van der Waals surface area contributed by atoms with Crippen LogP contribution in [-0.4, -0.2) is 68.4 Å². The number of anilines is 4. The third-order valence-electron chi connectivity index (χ3n) is 7.20. The Kier molecular flexibility index (Phi) is 8.37. The minimum Gasteiger partial charge on any atom is -0.381 e. The number of nitrogens with one attached hydrogen (secondary N) is 4. The predicted molar refractivity (Wildman–Crippen MR) is 164 cm³/mol. The van der Waals surface area contributed by atoms with E-state index in [1.165, 1.54) is 11.3 Å². The van der Waals surface area contributed by atoms with Crippen molar-refractivity contribution in [1.82, 2.24) is 10.2 Å². The fourth-order valence-corrected chi connectivity index (χ4v) is 6.00. The lowest BCUT2D eigenvalue weighted by atomic mass is 10.1. The number of benzene rings is 2. The number of nitrogens with zero attached hydrogens (tertiary/aromatic N) is 2. The van der Waals surface area contributed by atoms with Crippen LogP contribution in [0.15, 0.2) is 48.6 Å². The highest BCUT2D eigenvalue weighted by Crippen LogP contribution is 2.38. The summed E-state index contributed by atoms with van der Waals surface area (Å²) in [6.45, 7) is 8.22. The van der Waals surface area contributed by atoms with Gasteiger partial charge in [0.25, 0.3) is 11.8 Å². The summed E-state index contributed by atoms with van der Waals surface area (Å²) >= 11 is 1.42. The first kappa shape index (κ1) is 27.7. The molecule has 0 radical (unpaired) electrons. The summed E-state index contributed by atoms with van der Waals surface area (Å²) in [4.78, 5) is 43.8. The summed E-state index contributed by atoms with van der Waals surface area (Å²) in [5, 5.41) is 13.2. The van der Waals surface area contributed by atoms with Gasteiger partial charge in [0.2, 0.25) is 5.91 Å². The lowest BCUT2D eigenvalue weighted by Crippen LogP contribution is -2.44. The molecule has 0 bridgehead atoms. The number of thiophene rings is 1. The summed E-state index contributed by atoms with van der Waals surface area (Å²) in [5.74, 6) is -0.554. The fraction of sp³-hybridized carbons (Fsp3) is 0.367. The van der Waals surface area contributed by atoms with Gasteiger partial charge in [0.15, 0.2) is 0 Å². The Balaban J connectivity index is 1.39. The van der Waals surface area contributed by atoms with E-state index in [1.54, 1.807) is 12.1 Å². The zero-order valence-electron chi connectivity index (χ0n) is 23.2. The zero-order chi connectivity index (χ0) is 28.2. The Bertz CT molecular complexity index is 1460. The van der Waals surface area contributed by atoms with E-state index < -0.39 is 0 Å². The van der Waals surface area contributed by atoms with E-state index >= 15 is 0 Å². The van der Waals surface area contributed by atoms with Crippen LogP contribution in [0.1, 0.15) is 46.7 Å². The van der Waals surface area contributed by atoms with Crippen LogP contribution in [0, 0.1) is 0 Å². The number of likely N-dealkylation sites (N-methyl/N-ethyl adjacent to an activating group) is 1. The normalized spacial score (nSPS) is 17.7. The number of rotatable bonds is 7. The molecule has 0 saturated carbocycles. The van der Waals surface area contributed by atoms with Gasteiger partial charge in [0, 0.05) is 60.1 Å². The van der Waals surface area contributed by atoms with Crippen LogP contribution in [0.3, 0.4) is 0 Å². The second-order valence-electron chi connectivity index (χ2n) is 10.4. The molecule has 1 unspecified atom stereocenters. The van der Waals surface area contributed by atoms with Gasteiger partial charge in [-0.15, -0.1) is 11.3 Å². The van der Waals surface area contributed by atoms with Crippen LogP contribution in [-0.2, 0) is 4.79 Å². The topological polar surface area (TPSA) is 106 Å². The van der Waals surface area contributed by atoms with Crippen molar-refractivity contribution >= 4 is 61.9 Å². The highest BCUT2D eigenvalue weighted by Gasteiger charge is 2.24. The fourth-order valence-electron chi connectivity index (χ4n) is 4.94. The lowest BCUT2D eigenvalue weighted by Gasteiger charge is -2.35. The van der Waals surface area contributed by atoms with E-state index in [-0.39, 0.29) is 23.8 Å². The maximum Gasteiger partial charge on any atom is 0.263 e. The molecule has 3 aromatic rings. The van der Waals surface area contributed by atoms with Crippen molar-refractivity contribution in [3.63, 3.8) is 0 Å². The molecule has 2 aromatic carbocycles. The van der Waals surface area contributed by atoms with Gasteiger partial charge < -0.3 is 31.1 Å². The second-order valence-corrected chi connectivity index (χ2v) is 11.5. The maximum absolute atomic E-state index is 13.3. The molecule has 2 aliphatic rings. The van der Waals surface area contributed by atoms with Gasteiger partial charge in [0.1, 0.15) is 4.88 Å². The number of carbonyl (C=O) groups excluding carboxylic acids is 3. The molecule has 1 fully saturated rings. The molecule has 3 heterocycles. The lowest BCUT2D eigenvalue weighted by molar-refractivity contribution is -0.111. The van der Waals surface area contributed by atoms with E-state index in [9.17, 15) is 14.4 Å². The van der Waals surface area contributed by atoms with E-state index in [0.29, 0.717) is 28.4 Å². The zero-order valence-corrected chi connectivity index (χ0v) is 24.0. The monoisotopic (exact) mass is 560 g/mol. The van der Waals surface area contributed by atoms with Crippen molar-refractivity contribution in [2.24, 2.45) is 0 Å². The largest absolute Gasteiger partial charge is 0.381 e. The molecular formula is C30H36N6O3S. The van der Waals surface area contributed by atoms with Crippen LogP contribution in [0.5, 0.6) is 0 Å². The molecule has 4 N–H and O–H groups in total. The minimum absolute atomic E-state index is 0.0132. The van der Waals surface area contributed by atoms with Crippen molar-refractivity contribution in [2.45, 2.75) is 32.7 Å². The third-order valence-corrected chi connectivity index (χ3v) is 8.37. The van der Waals surface area contributed by atoms with Crippen molar-refractivity contribution in [3.8, 4) is 0 Å². The Labute approximate surface area is 238 Å². The standard InChI is InChI=1S/C30H36N6O3S/c1-4-5-6-7-26(37)34-23-17-21(9-10-24(23)36-14-12-35(3)13-15-36)33-29(38)20-8-11-25-22(16-20)27-28(40-25)30(39)32-19(2)18-31-27/h6-11,16-17,19,31H,4-5,12-15,18H2,1-3H3,(H,32,39)(H,33,38)(H,34,37). The number of unbranched alkanes of at least 4 members (excludes halogenated alkanes) is 1. The van der Waals surface area contributed by atoms with Gasteiger partial charge in [0.05, 0.1) is 17.1 Å². The molecule has 3 amide bonds.